The first-order valence-electron chi connectivity index (χ1n) is 4.39. The molecule has 0 bridgehead atoms. The summed E-state index contributed by atoms with van der Waals surface area (Å²) in [4.78, 5) is 2.41. The van der Waals surface area contributed by atoms with Gasteiger partial charge in [0.25, 0.3) is 0 Å². The molecule has 2 rings (SSSR count). The number of nitrogens with zero attached hydrogens (tertiary/aromatic N) is 1. The van der Waals surface area contributed by atoms with Crippen LogP contribution in [-0.2, 0) is 4.74 Å². The van der Waals surface area contributed by atoms with Crippen molar-refractivity contribution in [2.24, 2.45) is 0 Å². The molecule has 2 nitrogen and oxygen atoms in total. The fourth-order valence-corrected chi connectivity index (χ4v) is 1.97. The zero-order valence-electron chi connectivity index (χ0n) is 7.18. The van der Waals surface area contributed by atoms with Crippen LogP contribution in [0.4, 0.5) is 0 Å². The maximum atomic E-state index is 5.79. The lowest BCUT2D eigenvalue weighted by molar-refractivity contribution is -0.0147. The van der Waals surface area contributed by atoms with Crippen LogP contribution in [0.5, 0.6) is 0 Å². The standard InChI is InChI=1S/C9H14ClNO/c1-8(10)6-11-4-5-12-7-9(11)2-3-9/h1-7H2. The molecule has 68 valence electrons. The minimum atomic E-state index is 0.343. The third-order valence-corrected chi connectivity index (χ3v) is 2.86. The number of halogens is 1. The second kappa shape index (κ2) is 3.02. The van der Waals surface area contributed by atoms with Crippen LogP contribution in [0.1, 0.15) is 12.8 Å². The molecule has 2 aliphatic rings. The lowest BCUT2D eigenvalue weighted by Crippen LogP contribution is -2.47. The van der Waals surface area contributed by atoms with E-state index in [1.807, 2.05) is 0 Å². The van der Waals surface area contributed by atoms with Crippen LogP contribution in [0.3, 0.4) is 0 Å². The van der Waals surface area contributed by atoms with E-state index in [4.69, 9.17) is 16.3 Å². The van der Waals surface area contributed by atoms with Gasteiger partial charge in [0.05, 0.1) is 13.2 Å². The van der Waals surface area contributed by atoms with Gasteiger partial charge in [-0.3, -0.25) is 4.90 Å². The predicted octanol–water partition coefficient (Wildman–Crippen LogP) is 1.60. The number of ether oxygens (including phenoxy) is 1. The maximum Gasteiger partial charge on any atom is 0.0651 e. The smallest absolute Gasteiger partial charge is 0.0651 e. The molecule has 1 spiro atoms. The molecule has 1 aliphatic heterocycles. The highest BCUT2D eigenvalue weighted by atomic mass is 35.5. The summed E-state index contributed by atoms with van der Waals surface area (Å²) in [5.74, 6) is 0. The fraction of sp³-hybridized carbons (Fsp3) is 0.778. The van der Waals surface area contributed by atoms with Gasteiger partial charge in [-0.05, 0) is 12.8 Å². The highest BCUT2D eigenvalue weighted by Gasteiger charge is 2.49. The summed E-state index contributed by atoms with van der Waals surface area (Å²) in [6, 6.07) is 0. The normalized spacial score (nSPS) is 27.4. The minimum absolute atomic E-state index is 0.343. The Hall–Kier alpha value is -0.0500. The van der Waals surface area contributed by atoms with Gasteiger partial charge >= 0.3 is 0 Å². The molecule has 0 atom stereocenters. The molecule has 0 N–H and O–H groups in total. The van der Waals surface area contributed by atoms with Crippen molar-refractivity contribution in [3.05, 3.63) is 11.6 Å². The van der Waals surface area contributed by atoms with Gasteiger partial charge in [-0.2, -0.15) is 0 Å². The second-order valence-electron chi connectivity index (χ2n) is 3.72. The van der Waals surface area contributed by atoms with E-state index in [2.05, 4.69) is 11.5 Å². The molecular formula is C9H14ClNO. The van der Waals surface area contributed by atoms with Gasteiger partial charge in [0.2, 0.25) is 0 Å². The van der Waals surface area contributed by atoms with Gasteiger partial charge in [-0.15, -0.1) is 0 Å². The van der Waals surface area contributed by atoms with Crippen molar-refractivity contribution in [1.82, 2.24) is 4.90 Å². The molecule has 1 saturated carbocycles. The topological polar surface area (TPSA) is 12.5 Å². The van der Waals surface area contributed by atoms with Crippen LogP contribution in [-0.4, -0.2) is 36.7 Å². The van der Waals surface area contributed by atoms with Crippen molar-refractivity contribution in [2.75, 3.05) is 26.3 Å². The Morgan fingerprint density at radius 2 is 2.33 bits per heavy atom. The van der Waals surface area contributed by atoms with Crippen LogP contribution >= 0.6 is 11.6 Å². The third-order valence-electron chi connectivity index (χ3n) is 2.74. The van der Waals surface area contributed by atoms with E-state index in [1.54, 1.807) is 0 Å². The molecular weight excluding hydrogens is 174 g/mol. The first-order chi connectivity index (χ1) is 5.73. The molecule has 12 heavy (non-hydrogen) atoms. The van der Waals surface area contributed by atoms with Gasteiger partial charge in [0, 0.05) is 23.7 Å². The maximum absolute atomic E-state index is 5.79. The van der Waals surface area contributed by atoms with Crippen molar-refractivity contribution < 1.29 is 4.74 Å². The summed E-state index contributed by atoms with van der Waals surface area (Å²) < 4.78 is 5.44. The number of rotatable bonds is 2. The summed E-state index contributed by atoms with van der Waals surface area (Å²) >= 11 is 5.79. The molecule has 0 radical (unpaired) electrons. The molecule has 1 aliphatic carbocycles. The highest BCUT2D eigenvalue weighted by Crippen LogP contribution is 2.43. The fourth-order valence-electron chi connectivity index (χ4n) is 1.82. The predicted molar refractivity (Wildman–Crippen MR) is 49.4 cm³/mol. The molecule has 2 fully saturated rings. The quantitative estimate of drug-likeness (QED) is 0.651. The summed E-state index contributed by atoms with van der Waals surface area (Å²) in [6.45, 7) is 7.28. The Balaban J connectivity index is 1.97. The number of hydrogen-bond donors (Lipinski definition) is 0. The molecule has 0 aromatic rings. The van der Waals surface area contributed by atoms with Crippen LogP contribution in [0.25, 0.3) is 0 Å². The van der Waals surface area contributed by atoms with Gasteiger partial charge in [0.15, 0.2) is 0 Å². The summed E-state index contributed by atoms with van der Waals surface area (Å²) in [7, 11) is 0. The average molecular weight is 188 g/mol. The first kappa shape index (κ1) is 8.54. The van der Waals surface area contributed by atoms with Crippen molar-refractivity contribution in [2.45, 2.75) is 18.4 Å². The largest absolute Gasteiger partial charge is 0.378 e. The first-order valence-corrected chi connectivity index (χ1v) is 4.77. The van der Waals surface area contributed by atoms with Gasteiger partial charge < -0.3 is 4.74 Å². The SMILES string of the molecule is C=C(Cl)CN1CCOCC12CC2. The molecule has 0 amide bonds. The molecule has 0 aromatic heterocycles. The number of hydrogen-bond acceptors (Lipinski definition) is 2. The van der Waals surface area contributed by atoms with Gasteiger partial charge in [-0.1, -0.05) is 18.2 Å². The molecule has 0 unspecified atom stereocenters. The zero-order valence-corrected chi connectivity index (χ0v) is 7.94. The highest BCUT2D eigenvalue weighted by molar-refractivity contribution is 6.29. The monoisotopic (exact) mass is 187 g/mol. The van der Waals surface area contributed by atoms with E-state index in [1.165, 1.54) is 12.8 Å². The van der Waals surface area contributed by atoms with Crippen molar-refractivity contribution in [1.29, 1.82) is 0 Å². The molecule has 1 saturated heterocycles. The summed E-state index contributed by atoms with van der Waals surface area (Å²) in [5, 5.41) is 0.739. The van der Waals surface area contributed by atoms with Crippen LogP contribution < -0.4 is 0 Å². The zero-order chi connectivity index (χ0) is 8.60. The van der Waals surface area contributed by atoms with E-state index in [9.17, 15) is 0 Å². The Morgan fingerprint density at radius 3 is 2.92 bits per heavy atom. The van der Waals surface area contributed by atoms with Gasteiger partial charge in [0.1, 0.15) is 0 Å². The lowest BCUT2D eigenvalue weighted by atomic mass is 10.2. The summed E-state index contributed by atoms with van der Waals surface area (Å²) in [6.07, 6.45) is 2.52. The minimum Gasteiger partial charge on any atom is -0.378 e. The Kier molecular flexibility index (Phi) is 2.15. The van der Waals surface area contributed by atoms with Gasteiger partial charge in [-0.25, -0.2) is 0 Å². The molecule has 3 heteroatoms. The van der Waals surface area contributed by atoms with Crippen molar-refractivity contribution in [3.8, 4) is 0 Å². The van der Waals surface area contributed by atoms with E-state index >= 15 is 0 Å². The molecule has 1 heterocycles. The molecule has 0 aromatic carbocycles. The summed E-state index contributed by atoms with van der Waals surface area (Å²) in [5.41, 5.74) is 0.343. The van der Waals surface area contributed by atoms with E-state index < -0.39 is 0 Å². The van der Waals surface area contributed by atoms with Crippen molar-refractivity contribution in [3.63, 3.8) is 0 Å². The van der Waals surface area contributed by atoms with E-state index in [-0.39, 0.29) is 0 Å². The Labute approximate surface area is 78.1 Å². The third kappa shape index (κ3) is 1.51. The number of morpholine rings is 1. The van der Waals surface area contributed by atoms with E-state index in [0.29, 0.717) is 5.54 Å². The second-order valence-corrected chi connectivity index (χ2v) is 4.25. The Morgan fingerprint density at radius 1 is 1.58 bits per heavy atom. The lowest BCUT2D eigenvalue weighted by Gasteiger charge is -2.35. The average Bonchev–Trinajstić information content (AvgIpc) is 2.75. The van der Waals surface area contributed by atoms with Crippen LogP contribution in [0.15, 0.2) is 11.6 Å². The Bertz CT molecular complexity index is 201. The van der Waals surface area contributed by atoms with E-state index in [0.717, 1.165) is 31.3 Å². The van der Waals surface area contributed by atoms with Crippen LogP contribution in [0, 0.1) is 0 Å². The van der Waals surface area contributed by atoms with Crippen LogP contribution in [0.2, 0.25) is 0 Å². The van der Waals surface area contributed by atoms with Crippen molar-refractivity contribution >= 4 is 11.6 Å².